The molecule has 1 nitrogen and oxygen atoms in total. The Balaban J connectivity index is 0.00000220. The van der Waals surface area contributed by atoms with Crippen LogP contribution >= 0.6 is 19.7 Å². The van der Waals surface area contributed by atoms with Crippen molar-refractivity contribution < 1.29 is 0 Å². The van der Waals surface area contributed by atoms with E-state index in [2.05, 4.69) is 11.6 Å². The third-order valence-corrected chi connectivity index (χ3v) is 9.38. The highest BCUT2D eigenvalue weighted by Crippen LogP contribution is 2.55. The number of hydrogen-bond acceptors (Lipinski definition) is 2. The van der Waals surface area contributed by atoms with Gasteiger partial charge in [-0.25, -0.2) is 0 Å². The van der Waals surface area contributed by atoms with Gasteiger partial charge in [-0.05, 0) is 56.0 Å². The summed E-state index contributed by atoms with van der Waals surface area (Å²) >= 11 is 1.96. The van der Waals surface area contributed by atoms with Gasteiger partial charge >= 0.3 is 0 Å². The van der Waals surface area contributed by atoms with Crippen LogP contribution in [0.5, 0.6) is 0 Å². The lowest BCUT2D eigenvalue weighted by Crippen LogP contribution is -2.27. The predicted octanol–water partition coefficient (Wildman–Crippen LogP) is 4.71. The fourth-order valence-corrected chi connectivity index (χ4v) is 8.14. The molecule has 0 unspecified atom stereocenters. The van der Waals surface area contributed by atoms with Crippen molar-refractivity contribution in [3.05, 3.63) is 0 Å². The minimum Gasteiger partial charge on any atom is -0.316 e. The van der Waals surface area contributed by atoms with Crippen LogP contribution in [0.25, 0.3) is 0 Å². The lowest BCUT2D eigenvalue weighted by atomic mass is 9.99. The van der Waals surface area contributed by atoms with E-state index in [-0.39, 0.29) is 8.41 Å². The minimum absolute atomic E-state index is 0. The maximum Gasteiger partial charge on any atom is 0.00553 e. The van der Waals surface area contributed by atoms with Gasteiger partial charge in [0.2, 0.25) is 0 Å². The van der Waals surface area contributed by atoms with Crippen molar-refractivity contribution in [1.82, 2.24) is 5.32 Å². The van der Waals surface area contributed by atoms with E-state index >= 15 is 0 Å². The molecule has 2 fully saturated rings. The molecule has 0 aromatic carbocycles. The van der Waals surface area contributed by atoms with E-state index in [4.69, 9.17) is 0 Å². The van der Waals surface area contributed by atoms with Crippen LogP contribution in [0.4, 0.5) is 0 Å². The zero-order valence-electron chi connectivity index (χ0n) is 14.0. The second kappa shape index (κ2) is 12.3. The molecule has 21 heavy (non-hydrogen) atoms. The van der Waals surface area contributed by atoms with Gasteiger partial charge in [0.1, 0.15) is 0 Å². The number of nitrogens with one attached hydrogen (secondary N) is 1. The lowest BCUT2D eigenvalue weighted by Gasteiger charge is -2.38. The molecule has 0 aromatic rings. The molecule has 2 aliphatic carbocycles. The molecule has 0 bridgehead atoms. The fraction of sp³-hybridized carbons (Fsp3) is 1.00. The highest BCUT2D eigenvalue weighted by atomic mass is 32.2. The Hall–Kier alpha value is 0.805. The second-order valence-corrected chi connectivity index (χ2v) is 10.5. The van der Waals surface area contributed by atoms with Crippen LogP contribution in [-0.2, 0) is 0 Å². The summed E-state index contributed by atoms with van der Waals surface area (Å²) in [4.78, 5) is 0. The van der Waals surface area contributed by atoms with Crippen molar-refractivity contribution in [3.8, 4) is 0 Å². The number of hydrogen-bond donors (Lipinski definition) is 1. The Morgan fingerprint density at radius 3 is 1.86 bits per heavy atom. The van der Waals surface area contributed by atoms with Crippen LogP contribution in [0.15, 0.2) is 0 Å². The quantitative estimate of drug-likeness (QED) is 0.394. The van der Waals surface area contributed by atoms with Crippen molar-refractivity contribution >= 4 is 28.1 Å². The topological polar surface area (TPSA) is 12.0 Å². The van der Waals surface area contributed by atoms with Crippen LogP contribution in [0.2, 0.25) is 0 Å². The molecule has 0 aromatic heterocycles. The normalized spacial score (nSPS) is 21.4. The van der Waals surface area contributed by atoms with Gasteiger partial charge in [0.15, 0.2) is 0 Å². The summed E-state index contributed by atoms with van der Waals surface area (Å²) in [6.45, 7) is 2.50. The van der Waals surface area contributed by atoms with E-state index in [1.807, 2.05) is 11.8 Å². The van der Waals surface area contributed by atoms with Crippen molar-refractivity contribution in [2.45, 2.75) is 75.5 Å². The second-order valence-electron chi connectivity index (χ2n) is 6.56. The minimum atomic E-state index is 0. The highest BCUT2D eigenvalue weighted by molar-refractivity contribution is 7.98. The zero-order valence-corrected chi connectivity index (χ0v) is 15.7. The monoisotopic (exact) mass is 326 g/mol. The van der Waals surface area contributed by atoms with Crippen molar-refractivity contribution in [3.63, 3.8) is 0 Å². The summed E-state index contributed by atoms with van der Waals surface area (Å²) in [6.07, 6.45) is 19.1. The third kappa shape index (κ3) is 7.27. The lowest BCUT2D eigenvalue weighted by molar-refractivity contribution is 0.483. The van der Waals surface area contributed by atoms with Gasteiger partial charge in [-0.15, -0.1) is 0 Å². The average Bonchev–Trinajstić information content (AvgIpc) is 2.53. The maximum absolute atomic E-state index is 3.69. The van der Waals surface area contributed by atoms with Gasteiger partial charge < -0.3 is 5.32 Å². The summed E-state index contributed by atoms with van der Waals surface area (Å²) < 4.78 is 0. The summed E-state index contributed by atoms with van der Waals surface area (Å²) in [7, 11) is 0.313. The molecule has 0 saturated heterocycles. The van der Waals surface area contributed by atoms with E-state index in [1.54, 1.807) is 25.7 Å². The number of rotatable bonds is 8. The first-order valence-corrected chi connectivity index (χ1v) is 11.9. The first kappa shape index (κ1) is 19.9. The summed E-state index contributed by atoms with van der Waals surface area (Å²) in [5.74, 6) is 1.27. The largest absolute Gasteiger partial charge is 0.316 e. The molecule has 0 aliphatic heterocycles. The molecule has 0 heterocycles. The predicted molar refractivity (Wildman–Crippen MR) is 103 cm³/mol. The van der Waals surface area contributed by atoms with Crippen molar-refractivity contribution in [1.29, 1.82) is 0 Å². The van der Waals surface area contributed by atoms with E-state index in [0.717, 1.165) is 11.3 Å². The molecule has 0 amide bonds. The molecular formula is C17H34BNPS. The SMILES string of the molecule is CSCCNCCP(C1CCCCC1)C1CCCCC1.[B]. The van der Waals surface area contributed by atoms with Crippen molar-refractivity contribution in [2.75, 3.05) is 31.3 Å². The van der Waals surface area contributed by atoms with E-state index in [9.17, 15) is 0 Å². The van der Waals surface area contributed by atoms with E-state index < -0.39 is 0 Å². The molecule has 2 rings (SSSR count). The molecule has 4 heteroatoms. The summed E-state index contributed by atoms with van der Waals surface area (Å²) in [6, 6.07) is 0. The Morgan fingerprint density at radius 2 is 1.38 bits per heavy atom. The molecule has 3 radical (unpaired) electrons. The van der Waals surface area contributed by atoms with Gasteiger partial charge in [-0.3, -0.25) is 0 Å². The Bertz CT molecular complexity index is 225. The average molecular weight is 326 g/mol. The van der Waals surface area contributed by atoms with Gasteiger partial charge in [0.25, 0.3) is 0 Å². The van der Waals surface area contributed by atoms with Crippen LogP contribution in [-0.4, -0.2) is 51.0 Å². The van der Waals surface area contributed by atoms with Gasteiger partial charge in [0, 0.05) is 20.7 Å². The maximum atomic E-state index is 3.69. The molecule has 2 aliphatic rings. The van der Waals surface area contributed by atoms with Crippen LogP contribution in [0, 0.1) is 0 Å². The van der Waals surface area contributed by atoms with Crippen LogP contribution in [0.1, 0.15) is 64.2 Å². The standard InChI is InChI=1S/C17H34NPS.B/c1-20-15-13-18-12-14-19(16-8-4-2-5-9-16)17-10-6-3-7-11-17;/h16-18H,2-15H2,1H3;. The van der Waals surface area contributed by atoms with E-state index in [0.29, 0.717) is 7.92 Å². The summed E-state index contributed by atoms with van der Waals surface area (Å²) in [5.41, 5.74) is 2.26. The highest BCUT2D eigenvalue weighted by Gasteiger charge is 2.30. The first-order chi connectivity index (χ1) is 9.92. The molecule has 121 valence electrons. The summed E-state index contributed by atoms with van der Waals surface area (Å²) in [5, 5.41) is 3.69. The van der Waals surface area contributed by atoms with Crippen molar-refractivity contribution in [2.24, 2.45) is 0 Å². The van der Waals surface area contributed by atoms with Crippen LogP contribution < -0.4 is 5.32 Å². The molecule has 0 spiro atoms. The molecular weight excluding hydrogens is 292 g/mol. The van der Waals surface area contributed by atoms with Gasteiger partial charge in [-0.1, -0.05) is 46.4 Å². The molecule has 2 saturated carbocycles. The third-order valence-electron chi connectivity index (χ3n) is 5.12. The van der Waals surface area contributed by atoms with Gasteiger partial charge in [-0.2, -0.15) is 11.8 Å². The fourth-order valence-electron chi connectivity index (χ4n) is 4.00. The Labute approximate surface area is 140 Å². The first-order valence-electron chi connectivity index (χ1n) is 8.87. The molecule has 1 N–H and O–H groups in total. The molecule has 0 atom stereocenters. The Morgan fingerprint density at radius 1 is 0.857 bits per heavy atom. The van der Waals surface area contributed by atoms with Gasteiger partial charge in [0.05, 0.1) is 0 Å². The number of thioether (sulfide) groups is 1. The smallest absolute Gasteiger partial charge is 0.00553 e. The van der Waals surface area contributed by atoms with Crippen LogP contribution in [0.3, 0.4) is 0 Å². The Kier molecular flexibility index (Phi) is 11.6. The zero-order chi connectivity index (χ0) is 14.0. The van der Waals surface area contributed by atoms with E-state index in [1.165, 1.54) is 63.5 Å².